The van der Waals surface area contributed by atoms with Crippen LogP contribution in [-0.4, -0.2) is 19.2 Å². The van der Waals surface area contributed by atoms with Crippen LogP contribution in [0.5, 0.6) is 5.75 Å². The molecule has 0 heterocycles. The third-order valence-corrected chi connectivity index (χ3v) is 2.78. The van der Waals surface area contributed by atoms with Crippen LogP contribution in [0.15, 0.2) is 18.2 Å². The van der Waals surface area contributed by atoms with Gasteiger partial charge in [0.1, 0.15) is 0 Å². The molecule has 0 saturated heterocycles. The number of rotatable bonds is 5. The topological polar surface area (TPSA) is 21.3 Å². The molecule has 0 bridgehead atoms. The maximum atomic E-state index is 13.5. The SMILES string of the molecule is COc1ccc(CC(C)CNC(C)(C)C)cc1F. The third-order valence-electron chi connectivity index (χ3n) is 2.78. The van der Waals surface area contributed by atoms with Crippen LogP contribution in [0.3, 0.4) is 0 Å². The van der Waals surface area contributed by atoms with Crippen LogP contribution in [0.1, 0.15) is 33.3 Å². The summed E-state index contributed by atoms with van der Waals surface area (Å²) in [5, 5.41) is 3.46. The van der Waals surface area contributed by atoms with E-state index in [1.165, 1.54) is 7.11 Å². The van der Waals surface area contributed by atoms with E-state index in [9.17, 15) is 4.39 Å². The highest BCUT2D eigenvalue weighted by atomic mass is 19.1. The van der Waals surface area contributed by atoms with Crippen LogP contribution in [-0.2, 0) is 6.42 Å². The zero-order chi connectivity index (χ0) is 13.8. The first-order valence-electron chi connectivity index (χ1n) is 6.39. The van der Waals surface area contributed by atoms with Gasteiger partial charge in [0.05, 0.1) is 7.11 Å². The van der Waals surface area contributed by atoms with E-state index < -0.39 is 0 Å². The molecule has 2 nitrogen and oxygen atoms in total. The molecule has 1 aromatic rings. The summed E-state index contributed by atoms with van der Waals surface area (Å²) in [6.45, 7) is 9.53. The Kier molecular flexibility index (Phi) is 5.15. The molecule has 18 heavy (non-hydrogen) atoms. The van der Waals surface area contributed by atoms with E-state index in [1.807, 2.05) is 6.07 Å². The number of hydrogen-bond acceptors (Lipinski definition) is 2. The molecule has 1 unspecified atom stereocenters. The lowest BCUT2D eigenvalue weighted by Crippen LogP contribution is -2.39. The first-order chi connectivity index (χ1) is 8.31. The Hall–Kier alpha value is -1.09. The smallest absolute Gasteiger partial charge is 0.165 e. The number of halogens is 1. The van der Waals surface area contributed by atoms with Gasteiger partial charge in [-0.15, -0.1) is 0 Å². The highest BCUT2D eigenvalue weighted by molar-refractivity contribution is 5.29. The first-order valence-corrected chi connectivity index (χ1v) is 6.39. The highest BCUT2D eigenvalue weighted by Gasteiger charge is 2.12. The zero-order valence-corrected chi connectivity index (χ0v) is 12.0. The van der Waals surface area contributed by atoms with Gasteiger partial charge in [0.15, 0.2) is 11.6 Å². The molecule has 3 heteroatoms. The number of ether oxygens (including phenoxy) is 1. The molecule has 0 aliphatic carbocycles. The average molecular weight is 253 g/mol. The molecule has 1 N–H and O–H groups in total. The quantitative estimate of drug-likeness (QED) is 0.868. The summed E-state index contributed by atoms with van der Waals surface area (Å²) in [7, 11) is 1.48. The van der Waals surface area contributed by atoms with Gasteiger partial charge >= 0.3 is 0 Å². The molecule has 0 fully saturated rings. The van der Waals surface area contributed by atoms with Gasteiger partial charge in [0, 0.05) is 5.54 Å². The van der Waals surface area contributed by atoms with Crippen molar-refractivity contribution in [2.75, 3.05) is 13.7 Å². The van der Waals surface area contributed by atoms with Crippen molar-refractivity contribution in [2.45, 2.75) is 39.7 Å². The summed E-state index contributed by atoms with van der Waals surface area (Å²) in [6.07, 6.45) is 0.865. The van der Waals surface area contributed by atoms with Crippen molar-refractivity contribution in [2.24, 2.45) is 5.92 Å². The maximum absolute atomic E-state index is 13.5. The van der Waals surface area contributed by atoms with Gasteiger partial charge in [0.2, 0.25) is 0 Å². The van der Waals surface area contributed by atoms with Crippen molar-refractivity contribution >= 4 is 0 Å². The molecule has 0 radical (unpaired) electrons. The minimum absolute atomic E-state index is 0.124. The Morgan fingerprint density at radius 2 is 2.00 bits per heavy atom. The molecule has 102 valence electrons. The molecule has 0 aliphatic rings. The van der Waals surface area contributed by atoms with E-state index in [0.717, 1.165) is 18.5 Å². The lowest BCUT2D eigenvalue weighted by Gasteiger charge is -2.23. The third kappa shape index (κ3) is 5.05. The van der Waals surface area contributed by atoms with Crippen molar-refractivity contribution in [1.82, 2.24) is 5.32 Å². The fraction of sp³-hybridized carbons (Fsp3) is 0.600. The predicted molar refractivity (Wildman–Crippen MR) is 73.6 cm³/mol. The van der Waals surface area contributed by atoms with Crippen LogP contribution in [0, 0.1) is 11.7 Å². The highest BCUT2D eigenvalue weighted by Crippen LogP contribution is 2.19. The van der Waals surface area contributed by atoms with Crippen LogP contribution >= 0.6 is 0 Å². The lowest BCUT2D eigenvalue weighted by molar-refractivity contribution is 0.378. The van der Waals surface area contributed by atoms with Gasteiger partial charge in [-0.2, -0.15) is 0 Å². The van der Waals surface area contributed by atoms with Crippen molar-refractivity contribution in [3.05, 3.63) is 29.6 Å². The number of methoxy groups -OCH3 is 1. The van der Waals surface area contributed by atoms with Gasteiger partial charge in [-0.3, -0.25) is 0 Å². The minimum atomic E-state index is -0.286. The molecule has 1 aromatic carbocycles. The van der Waals surface area contributed by atoms with E-state index in [4.69, 9.17) is 4.74 Å². The minimum Gasteiger partial charge on any atom is -0.494 e. The second-order valence-corrected chi connectivity index (χ2v) is 5.91. The fourth-order valence-corrected chi connectivity index (χ4v) is 1.79. The van der Waals surface area contributed by atoms with Crippen LogP contribution < -0.4 is 10.1 Å². The van der Waals surface area contributed by atoms with Crippen molar-refractivity contribution in [3.63, 3.8) is 0 Å². The van der Waals surface area contributed by atoms with Crippen molar-refractivity contribution in [1.29, 1.82) is 0 Å². The molecule has 0 saturated carbocycles. The summed E-state index contributed by atoms with van der Waals surface area (Å²) in [6, 6.07) is 5.18. The zero-order valence-electron chi connectivity index (χ0n) is 12.0. The normalized spacial score (nSPS) is 13.4. The standard InChI is InChI=1S/C15H24FNO/c1-11(10-17-15(2,3)4)8-12-6-7-14(18-5)13(16)9-12/h6-7,9,11,17H,8,10H2,1-5H3. The van der Waals surface area contributed by atoms with Crippen molar-refractivity contribution < 1.29 is 9.13 Å². The summed E-state index contributed by atoms with van der Waals surface area (Å²) in [4.78, 5) is 0. The molecule has 1 rings (SSSR count). The van der Waals surface area contributed by atoms with Gasteiger partial charge in [-0.05, 0) is 57.4 Å². The maximum Gasteiger partial charge on any atom is 0.165 e. The number of nitrogens with one attached hydrogen (secondary N) is 1. The average Bonchev–Trinajstić information content (AvgIpc) is 2.26. The molecular formula is C15H24FNO. The Morgan fingerprint density at radius 3 is 2.50 bits per heavy atom. The lowest BCUT2D eigenvalue weighted by atomic mass is 9.99. The van der Waals surface area contributed by atoms with Crippen molar-refractivity contribution in [3.8, 4) is 5.75 Å². The molecule has 0 amide bonds. The molecular weight excluding hydrogens is 229 g/mol. The fourth-order valence-electron chi connectivity index (χ4n) is 1.79. The monoisotopic (exact) mass is 253 g/mol. The summed E-state index contributed by atoms with van der Waals surface area (Å²) in [5.41, 5.74) is 1.14. The predicted octanol–water partition coefficient (Wildman–Crippen LogP) is 3.40. The summed E-state index contributed by atoms with van der Waals surface area (Å²) in [5.74, 6) is 0.488. The number of hydrogen-bond donors (Lipinski definition) is 1. The van der Waals surface area contributed by atoms with E-state index >= 15 is 0 Å². The van der Waals surface area contributed by atoms with Gasteiger partial charge in [-0.25, -0.2) is 4.39 Å². The van der Waals surface area contributed by atoms with E-state index in [-0.39, 0.29) is 11.4 Å². The molecule has 0 aliphatic heterocycles. The Morgan fingerprint density at radius 1 is 1.33 bits per heavy atom. The largest absolute Gasteiger partial charge is 0.494 e. The summed E-state index contributed by atoms with van der Waals surface area (Å²) >= 11 is 0. The summed E-state index contributed by atoms with van der Waals surface area (Å²) < 4.78 is 18.4. The molecule has 0 aromatic heterocycles. The first kappa shape index (κ1) is 15.0. The van der Waals surface area contributed by atoms with Crippen LogP contribution in [0.25, 0.3) is 0 Å². The number of benzene rings is 1. The molecule has 1 atom stereocenters. The van der Waals surface area contributed by atoms with Gasteiger partial charge in [-0.1, -0.05) is 13.0 Å². The Labute approximate surface area is 110 Å². The van der Waals surface area contributed by atoms with Crippen LogP contribution in [0.4, 0.5) is 4.39 Å². The molecule has 0 spiro atoms. The second-order valence-electron chi connectivity index (χ2n) is 5.91. The van der Waals surface area contributed by atoms with E-state index in [0.29, 0.717) is 11.7 Å². The Balaban J connectivity index is 2.54. The van der Waals surface area contributed by atoms with Gasteiger partial charge in [0.25, 0.3) is 0 Å². The second kappa shape index (κ2) is 6.19. The van der Waals surface area contributed by atoms with Crippen LogP contribution in [0.2, 0.25) is 0 Å². The Bertz CT molecular complexity index is 385. The van der Waals surface area contributed by atoms with E-state index in [1.54, 1.807) is 12.1 Å². The van der Waals surface area contributed by atoms with Gasteiger partial charge < -0.3 is 10.1 Å². The van der Waals surface area contributed by atoms with E-state index in [2.05, 4.69) is 33.0 Å².